The van der Waals surface area contributed by atoms with Crippen molar-refractivity contribution in [2.75, 3.05) is 40.6 Å². The number of esters is 1. The third-order valence-corrected chi connectivity index (χ3v) is 7.22. The van der Waals surface area contributed by atoms with Gasteiger partial charge in [0, 0.05) is 18.2 Å². The second-order valence-corrected chi connectivity index (χ2v) is 9.92. The standard InChI is InChI=1S/C30H34N2O7S/c1-6-15-38-22-13-9-8-11-20(22)18-24-28(33)32-26(21-12-10-14-23(36-5)27(21)37-7-2)25(19(3)31-30(32)40-24)29(34)39-17-16-35-4/h8-14,18,26H,6-7,15-17H2,1-5H3/b24-18+/t26-/m0/s1. The maximum atomic E-state index is 14.1. The van der Waals surface area contributed by atoms with E-state index in [0.29, 0.717) is 51.1 Å². The van der Waals surface area contributed by atoms with Gasteiger partial charge in [-0.05, 0) is 38.5 Å². The smallest absolute Gasteiger partial charge is 0.338 e. The second kappa shape index (κ2) is 13.5. The van der Waals surface area contributed by atoms with E-state index in [1.54, 1.807) is 32.2 Å². The highest BCUT2D eigenvalue weighted by molar-refractivity contribution is 7.07. The van der Waals surface area contributed by atoms with E-state index in [2.05, 4.69) is 4.99 Å². The van der Waals surface area contributed by atoms with E-state index in [1.165, 1.54) is 23.0 Å². The molecule has 4 rings (SSSR count). The van der Waals surface area contributed by atoms with Crippen LogP contribution in [0.2, 0.25) is 0 Å². The Labute approximate surface area is 236 Å². The first-order chi connectivity index (χ1) is 19.4. The minimum atomic E-state index is -0.850. The van der Waals surface area contributed by atoms with E-state index in [0.717, 1.165) is 12.0 Å². The molecule has 0 unspecified atom stereocenters. The number of hydrogen-bond donors (Lipinski definition) is 0. The normalized spacial score (nSPS) is 14.9. The Morgan fingerprint density at radius 2 is 1.80 bits per heavy atom. The van der Waals surface area contributed by atoms with Crippen LogP contribution in [0.15, 0.2) is 63.5 Å². The van der Waals surface area contributed by atoms with Gasteiger partial charge in [-0.25, -0.2) is 9.79 Å². The van der Waals surface area contributed by atoms with Crippen LogP contribution in [0, 0.1) is 0 Å². The summed E-state index contributed by atoms with van der Waals surface area (Å²) in [5.41, 5.74) is 1.78. The first-order valence-electron chi connectivity index (χ1n) is 13.1. The van der Waals surface area contributed by atoms with Crippen molar-refractivity contribution < 1.29 is 28.5 Å². The highest BCUT2D eigenvalue weighted by Crippen LogP contribution is 2.40. The molecule has 3 aromatic rings. The number of thiazole rings is 1. The Hall–Kier alpha value is -3.89. The second-order valence-electron chi connectivity index (χ2n) is 8.91. The number of hydrogen-bond acceptors (Lipinski definition) is 9. The van der Waals surface area contributed by atoms with Crippen LogP contribution in [0.1, 0.15) is 44.4 Å². The summed E-state index contributed by atoms with van der Waals surface area (Å²) in [4.78, 5) is 32.6. The third-order valence-electron chi connectivity index (χ3n) is 6.24. The zero-order chi connectivity index (χ0) is 28.6. The molecule has 0 aliphatic carbocycles. The van der Waals surface area contributed by atoms with Gasteiger partial charge in [0.2, 0.25) is 0 Å². The highest BCUT2D eigenvalue weighted by atomic mass is 32.1. The zero-order valence-corrected chi connectivity index (χ0v) is 24.2. The van der Waals surface area contributed by atoms with Crippen molar-refractivity contribution in [1.82, 2.24) is 4.57 Å². The topological polar surface area (TPSA) is 97.6 Å². The highest BCUT2D eigenvalue weighted by Gasteiger charge is 2.36. The maximum Gasteiger partial charge on any atom is 0.338 e. The number of nitrogens with zero attached hydrogens (tertiary/aromatic N) is 2. The van der Waals surface area contributed by atoms with Gasteiger partial charge in [-0.3, -0.25) is 9.36 Å². The molecule has 40 heavy (non-hydrogen) atoms. The molecule has 1 aromatic heterocycles. The van der Waals surface area contributed by atoms with Crippen molar-refractivity contribution in [3.8, 4) is 17.2 Å². The van der Waals surface area contributed by atoms with Gasteiger partial charge in [0.25, 0.3) is 5.56 Å². The molecular formula is C30H34N2O7S. The SMILES string of the molecule is CCCOc1ccccc1/C=c1/sc2n(c1=O)[C@@H](c1cccc(OC)c1OCC)C(C(=O)OCCOC)=C(C)N=2. The van der Waals surface area contributed by atoms with Crippen LogP contribution in [0.4, 0.5) is 0 Å². The summed E-state index contributed by atoms with van der Waals surface area (Å²) in [6.07, 6.45) is 2.67. The van der Waals surface area contributed by atoms with Crippen LogP contribution < -0.4 is 29.1 Å². The van der Waals surface area contributed by atoms with Gasteiger partial charge in [-0.1, -0.05) is 48.6 Å². The fourth-order valence-corrected chi connectivity index (χ4v) is 5.50. The summed E-state index contributed by atoms with van der Waals surface area (Å²) >= 11 is 1.25. The van der Waals surface area contributed by atoms with E-state index in [-0.39, 0.29) is 24.3 Å². The first kappa shape index (κ1) is 29.1. The summed E-state index contributed by atoms with van der Waals surface area (Å²) in [5.74, 6) is 1.05. The maximum absolute atomic E-state index is 14.1. The number of carbonyl (C=O) groups is 1. The Bertz CT molecular complexity index is 1570. The Morgan fingerprint density at radius 1 is 1.02 bits per heavy atom. The van der Waals surface area contributed by atoms with Crippen LogP contribution >= 0.6 is 11.3 Å². The molecule has 1 aliphatic rings. The predicted molar refractivity (Wildman–Crippen MR) is 153 cm³/mol. The van der Waals surface area contributed by atoms with Crippen LogP contribution in [0.3, 0.4) is 0 Å². The molecule has 1 atom stereocenters. The number of ether oxygens (including phenoxy) is 5. The van der Waals surface area contributed by atoms with Gasteiger partial charge < -0.3 is 23.7 Å². The number of benzene rings is 2. The fraction of sp³-hybridized carbons (Fsp3) is 0.367. The lowest BCUT2D eigenvalue weighted by molar-refractivity contribution is -0.140. The van der Waals surface area contributed by atoms with Crippen LogP contribution in [-0.2, 0) is 14.3 Å². The number of fused-ring (bicyclic) bond motifs is 1. The molecule has 212 valence electrons. The number of allylic oxidation sites excluding steroid dienone is 1. The summed E-state index contributed by atoms with van der Waals surface area (Å²) in [7, 11) is 3.08. The van der Waals surface area contributed by atoms with E-state index in [1.807, 2.05) is 44.2 Å². The summed E-state index contributed by atoms with van der Waals surface area (Å²) in [5, 5.41) is 0. The quantitative estimate of drug-likeness (QED) is 0.244. The Kier molecular flexibility index (Phi) is 9.79. The summed E-state index contributed by atoms with van der Waals surface area (Å²) in [6.45, 7) is 6.87. The molecule has 0 spiro atoms. The van der Waals surface area contributed by atoms with Crippen molar-refractivity contribution in [3.63, 3.8) is 0 Å². The van der Waals surface area contributed by atoms with Gasteiger partial charge >= 0.3 is 5.97 Å². The monoisotopic (exact) mass is 566 g/mol. The number of rotatable bonds is 12. The largest absolute Gasteiger partial charge is 0.493 e. The predicted octanol–water partition coefficient (Wildman–Crippen LogP) is 3.62. The number of carbonyl (C=O) groups excluding carboxylic acids is 1. The molecule has 9 nitrogen and oxygen atoms in total. The van der Waals surface area contributed by atoms with Gasteiger partial charge in [-0.2, -0.15) is 0 Å². The van der Waals surface area contributed by atoms with Crippen LogP contribution in [0.25, 0.3) is 6.08 Å². The zero-order valence-electron chi connectivity index (χ0n) is 23.4. The minimum absolute atomic E-state index is 0.0637. The lowest BCUT2D eigenvalue weighted by Crippen LogP contribution is -2.40. The summed E-state index contributed by atoms with van der Waals surface area (Å²) < 4.78 is 30.0. The fourth-order valence-electron chi connectivity index (χ4n) is 4.46. The van der Waals surface area contributed by atoms with E-state index < -0.39 is 12.0 Å². The molecule has 0 amide bonds. The summed E-state index contributed by atoms with van der Waals surface area (Å²) in [6, 6.07) is 12.1. The number of para-hydroxylation sites is 2. The van der Waals surface area contributed by atoms with Gasteiger partial charge in [0.15, 0.2) is 16.3 Å². The van der Waals surface area contributed by atoms with Crippen molar-refractivity contribution in [1.29, 1.82) is 0 Å². The first-order valence-corrected chi connectivity index (χ1v) is 14.0. The molecule has 0 fully saturated rings. The minimum Gasteiger partial charge on any atom is -0.493 e. The van der Waals surface area contributed by atoms with Crippen molar-refractivity contribution in [2.45, 2.75) is 33.2 Å². The number of methoxy groups -OCH3 is 2. The van der Waals surface area contributed by atoms with Gasteiger partial charge in [0.1, 0.15) is 18.4 Å². The van der Waals surface area contributed by atoms with E-state index >= 15 is 0 Å². The van der Waals surface area contributed by atoms with Gasteiger partial charge in [-0.15, -0.1) is 0 Å². The molecule has 0 saturated heterocycles. The molecule has 1 aliphatic heterocycles. The third kappa shape index (κ3) is 5.97. The molecule has 0 N–H and O–H groups in total. The molecule has 10 heteroatoms. The van der Waals surface area contributed by atoms with Crippen LogP contribution in [-0.4, -0.2) is 51.2 Å². The molecular weight excluding hydrogens is 532 g/mol. The Morgan fingerprint density at radius 3 is 2.52 bits per heavy atom. The average molecular weight is 567 g/mol. The van der Waals surface area contributed by atoms with Gasteiger partial charge in [0.05, 0.1) is 42.7 Å². The molecule has 2 heterocycles. The Balaban J connectivity index is 1.95. The molecule has 0 bridgehead atoms. The van der Waals surface area contributed by atoms with Crippen LogP contribution in [0.5, 0.6) is 17.2 Å². The van der Waals surface area contributed by atoms with E-state index in [9.17, 15) is 9.59 Å². The lowest BCUT2D eigenvalue weighted by atomic mass is 9.94. The van der Waals surface area contributed by atoms with Crippen molar-refractivity contribution in [2.24, 2.45) is 4.99 Å². The lowest BCUT2D eigenvalue weighted by Gasteiger charge is -2.27. The van der Waals surface area contributed by atoms with Crippen molar-refractivity contribution in [3.05, 3.63) is 84.5 Å². The molecule has 0 radical (unpaired) electrons. The molecule has 0 saturated carbocycles. The van der Waals surface area contributed by atoms with E-state index in [4.69, 9.17) is 23.7 Å². The average Bonchev–Trinajstić information content (AvgIpc) is 3.26. The van der Waals surface area contributed by atoms with Crippen molar-refractivity contribution >= 4 is 23.4 Å². The molecule has 2 aromatic carbocycles. The number of aromatic nitrogens is 1.